The molecular weight excluding hydrogens is 268 g/mol. The van der Waals surface area contributed by atoms with Gasteiger partial charge in [-0.25, -0.2) is 0 Å². The molecule has 4 heteroatoms. The first-order chi connectivity index (χ1) is 10.2. The van der Waals surface area contributed by atoms with E-state index in [2.05, 4.69) is 0 Å². The normalized spacial score (nSPS) is 17.1. The smallest absolute Gasteiger partial charge is 0.208 e. The van der Waals surface area contributed by atoms with Crippen LogP contribution in [-0.4, -0.2) is 37.5 Å². The van der Waals surface area contributed by atoms with Crippen molar-refractivity contribution in [2.45, 2.75) is 57.2 Å². The minimum Gasteiger partial charge on any atom is -0.396 e. The van der Waals surface area contributed by atoms with E-state index in [0.29, 0.717) is 6.61 Å². The molecule has 0 spiro atoms. The summed E-state index contributed by atoms with van der Waals surface area (Å²) in [6.07, 6.45) is 13.5. The van der Waals surface area contributed by atoms with E-state index >= 15 is 0 Å². The summed E-state index contributed by atoms with van der Waals surface area (Å²) in [4.78, 5) is 11.9. The lowest BCUT2D eigenvalue weighted by atomic mass is 9.95. The standard InChI is InChI=1S/C17H28O4/c1-20-17(21-2)12-11-16(19)15(14-17)10-8-6-4-3-5-7-9-13-18/h11-12,14,18H,3-10,13H2,1-2H3. The fourth-order valence-electron chi connectivity index (χ4n) is 2.50. The van der Waals surface area contributed by atoms with Gasteiger partial charge in [-0.2, -0.15) is 0 Å². The largest absolute Gasteiger partial charge is 0.396 e. The summed E-state index contributed by atoms with van der Waals surface area (Å²) in [5, 5.41) is 8.69. The number of hydrogen-bond donors (Lipinski definition) is 1. The summed E-state index contributed by atoms with van der Waals surface area (Å²) >= 11 is 0. The number of ketones is 1. The van der Waals surface area contributed by atoms with E-state index < -0.39 is 5.79 Å². The third kappa shape index (κ3) is 6.12. The minimum atomic E-state index is -0.881. The molecule has 0 saturated heterocycles. The molecule has 1 aliphatic carbocycles. The molecule has 4 nitrogen and oxygen atoms in total. The van der Waals surface area contributed by atoms with Crippen LogP contribution < -0.4 is 0 Å². The van der Waals surface area contributed by atoms with Crippen LogP contribution in [0.5, 0.6) is 0 Å². The molecule has 0 radical (unpaired) electrons. The Balaban J connectivity index is 2.27. The SMILES string of the molecule is COC1(OC)C=CC(=O)C(CCCCCCCCCO)=C1. The highest BCUT2D eigenvalue weighted by Gasteiger charge is 2.29. The van der Waals surface area contributed by atoms with Crippen LogP contribution in [0.2, 0.25) is 0 Å². The highest BCUT2D eigenvalue weighted by Crippen LogP contribution is 2.25. The first-order valence-electron chi connectivity index (χ1n) is 7.84. The van der Waals surface area contributed by atoms with Crippen molar-refractivity contribution in [1.82, 2.24) is 0 Å². The maximum Gasteiger partial charge on any atom is 0.208 e. The van der Waals surface area contributed by atoms with E-state index in [-0.39, 0.29) is 5.78 Å². The van der Waals surface area contributed by atoms with Crippen molar-refractivity contribution in [3.05, 3.63) is 23.8 Å². The summed E-state index contributed by atoms with van der Waals surface area (Å²) in [5.74, 6) is -0.823. The Labute approximate surface area is 127 Å². The van der Waals surface area contributed by atoms with Crippen molar-refractivity contribution in [2.24, 2.45) is 0 Å². The molecule has 0 fully saturated rings. The number of carbonyl (C=O) groups excluding carboxylic acids is 1. The van der Waals surface area contributed by atoms with E-state index in [1.807, 2.05) is 0 Å². The number of methoxy groups -OCH3 is 2. The molecule has 0 aliphatic heterocycles. The van der Waals surface area contributed by atoms with Crippen molar-refractivity contribution in [1.29, 1.82) is 0 Å². The number of aliphatic hydroxyl groups excluding tert-OH is 1. The predicted octanol–water partition coefficient (Wildman–Crippen LogP) is 3.15. The van der Waals surface area contributed by atoms with Crippen molar-refractivity contribution in [3.63, 3.8) is 0 Å². The van der Waals surface area contributed by atoms with Crippen LogP contribution in [0.3, 0.4) is 0 Å². The van der Waals surface area contributed by atoms with Crippen molar-refractivity contribution in [3.8, 4) is 0 Å². The molecule has 1 rings (SSSR count). The van der Waals surface area contributed by atoms with Crippen LogP contribution in [0.15, 0.2) is 23.8 Å². The molecule has 0 unspecified atom stereocenters. The summed E-state index contributed by atoms with van der Waals surface area (Å²) in [7, 11) is 3.15. The van der Waals surface area contributed by atoms with E-state index in [1.54, 1.807) is 26.4 Å². The van der Waals surface area contributed by atoms with Crippen molar-refractivity contribution >= 4 is 5.78 Å². The molecular formula is C17H28O4. The number of carbonyl (C=O) groups is 1. The van der Waals surface area contributed by atoms with Gasteiger partial charge in [-0.15, -0.1) is 0 Å². The van der Waals surface area contributed by atoms with Gasteiger partial charge in [0.1, 0.15) is 0 Å². The second kappa shape index (κ2) is 9.87. The van der Waals surface area contributed by atoms with Gasteiger partial charge in [0.2, 0.25) is 5.79 Å². The lowest BCUT2D eigenvalue weighted by Gasteiger charge is -2.27. The Morgan fingerprint density at radius 2 is 1.57 bits per heavy atom. The number of ether oxygens (including phenoxy) is 2. The van der Waals surface area contributed by atoms with Gasteiger partial charge in [0.25, 0.3) is 0 Å². The molecule has 1 N–H and O–H groups in total. The molecule has 21 heavy (non-hydrogen) atoms. The molecule has 0 aromatic rings. The van der Waals surface area contributed by atoms with Gasteiger partial charge >= 0.3 is 0 Å². The number of rotatable bonds is 11. The Hall–Kier alpha value is -0.970. The third-order valence-electron chi connectivity index (χ3n) is 3.90. The molecule has 0 saturated carbocycles. The number of unbranched alkanes of at least 4 members (excludes halogenated alkanes) is 6. The van der Waals surface area contributed by atoms with Gasteiger partial charge < -0.3 is 14.6 Å². The zero-order valence-corrected chi connectivity index (χ0v) is 13.3. The lowest BCUT2D eigenvalue weighted by molar-refractivity contribution is -0.137. The Bertz CT molecular complexity index is 367. The highest BCUT2D eigenvalue weighted by atomic mass is 16.7. The van der Waals surface area contributed by atoms with Gasteiger partial charge in [0.15, 0.2) is 5.78 Å². The molecule has 0 aromatic carbocycles. The zero-order valence-electron chi connectivity index (χ0n) is 13.3. The van der Waals surface area contributed by atoms with E-state index in [0.717, 1.165) is 37.7 Å². The van der Waals surface area contributed by atoms with Crippen LogP contribution in [0.4, 0.5) is 0 Å². The summed E-state index contributed by atoms with van der Waals surface area (Å²) in [6.45, 7) is 0.296. The lowest BCUT2D eigenvalue weighted by Crippen LogP contribution is -2.32. The van der Waals surface area contributed by atoms with Crippen LogP contribution in [0.1, 0.15) is 51.4 Å². The highest BCUT2D eigenvalue weighted by molar-refractivity contribution is 6.05. The fourth-order valence-corrected chi connectivity index (χ4v) is 2.50. The second-order valence-corrected chi connectivity index (χ2v) is 5.45. The number of aliphatic hydroxyl groups is 1. The summed E-state index contributed by atoms with van der Waals surface area (Å²) in [5.41, 5.74) is 0.779. The van der Waals surface area contributed by atoms with Crippen LogP contribution >= 0.6 is 0 Å². The Kier molecular flexibility index (Phi) is 8.50. The Morgan fingerprint density at radius 1 is 1.00 bits per heavy atom. The predicted molar refractivity (Wildman–Crippen MR) is 83.0 cm³/mol. The molecule has 0 heterocycles. The first-order valence-corrected chi connectivity index (χ1v) is 7.84. The van der Waals surface area contributed by atoms with Gasteiger partial charge in [0, 0.05) is 26.4 Å². The van der Waals surface area contributed by atoms with Crippen LogP contribution in [-0.2, 0) is 14.3 Å². The van der Waals surface area contributed by atoms with E-state index in [4.69, 9.17) is 14.6 Å². The average Bonchev–Trinajstić information content (AvgIpc) is 2.52. The van der Waals surface area contributed by atoms with Gasteiger partial charge in [-0.3, -0.25) is 4.79 Å². The quantitative estimate of drug-likeness (QED) is 0.470. The zero-order chi connectivity index (χ0) is 15.6. The maximum atomic E-state index is 11.9. The second-order valence-electron chi connectivity index (χ2n) is 5.45. The van der Waals surface area contributed by atoms with E-state index in [1.165, 1.54) is 25.3 Å². The maximum absolute atomic E-state index is 11.9. The third-order valence-corrected chi connectivity index (χ3v) is 3.90. The van der Waals surface area contributed by atoms with Crippen LogP contribution in [0, 0.1) is 0 Å². The molecule has 0 atom stereocenters. The summed E-state index contributed by atoms with van der Waals surface area (Å²) in [6, 6.07) is 0. The van der Waals surface area contributed by atoms with E-state index in [9.17, 15) is 4.79 Å². The Morgan fingerprint density at radius 3 is 2.14 bits per heavy atom. The van der Waals surface area contributed by atoms with Crippen molar-refractivity contribution < 1.29 is 19.4 Å². The molecule has 0 bridgehead atoms. The topological polar surface area (TPSA) is 55.8 Å². The molecule has 120 valence electrons. The molecule has 0 aromatic heterocycles. The van der Waals surface area contributed by atoms with Gasteiger partial charge in [0.05, 0.1) is 0 Å². The molecule has 1 aliphatic rings. The van der Waals surface area contributed by atoms with Crippen LogP contribution in [0.25, 0.3) is 0 Å². The van der Waals surface area contributed by atoms with Gasteiger partial charge in [-0.1, -0.05) is 32.1 Å². The fraction of sp³-hybridized carbons (Fsp3) is 0.706. The number of hydrogen-bond acceptors (Lipinski definition) is 4. The monoisotopic (exact) mass is 296 g/mol. The van der Waals surface area contributed by atoms with Crippen molar-refractivity contribution in [2.75, 3.05) is 20.8 Å². The summed E-state index contributed by atoms with van der Waals surface area (Å²) < 4.78 is 10.7. The average molecular weight is 296 g/mol. The first kappa shape index (κ1) is 18.1. The van der Waals surface area contributed by atoms with Gasteiger partial charge in [-0.05, 0) is 37.5 Å². The number of allylic oxidation sites excluding steroid dienone is 2. The molecule has 0 amide bonds. The minimum absolute atomic E-state index is 0.0580.